The van der Waals surface area contributed by atoms with Gasteiger partial charge in [-0.3, -0.25) is 10.1 Å². The lowest BCUT2D eigenvalue weighted by atomic mass is 10.1. The second kappa shape index (κ2) is 4.26. The molecule has 2 heterocycles. The maximum absolute atomic E-state index is 8.62. The van der Waals surface area contributed by atoms with Crippen molar-refractivity contribution in [1.82, 2.24) is 20.2 Å². The predicted molar refractivity (Wildman–Crippen MR) is 66.4 cm³/mol. The molecule has 0 atom stereocenters. The quantitative estimate of drug-likeness (QED) is 0.737. The Morgan fingerprint density at radius 2 is 2.11 bits per heavy atom. The van der Waals surface area contributed by atoms with E-state index in [2.05, 4.69) is 20.2 Å². The molecular formula is C13H9N5. The number of rotatable bonds is 2. The lowest BCUT2D eigenvalue weighted by Gasteiger charge is -2.00. The van der Waals surface area contributed by atoms with Gasteiger partial charge in [0.15, 0.2) is 5.82 Å². The van der Waals surface area contributed by atoms with Crippen LogP contribution >= 0.6 is 0 Å². The van der Waals surface area contributed by atoms with Crippen LogP contribution in [0.25, 0.3) is 22.3 Å². The molecule has 0 aliphatic rings. The lowest BCUT2D eigenvalue weighted by molar-refractivity contribution is 0.995. The van der Waals surface area contributed by atoms with Gasteiger partial charge in [0.1, 0.15) is 11.5 Å². The smallest absolute Gasteiger partial charge is 0.200 e. The third-order valence-electron chi connectivity index (χ3n) is 2.66. The molecule has 0 saturated heterocycles. The minimum Gasteiger partial charge on any atom is -0.262 e. The Bertz CT molecular complexity index is 733. The van der Waals surface area contributed by atoms with Crippen LogP contribution in [0.15, 0.2) is 36.5 Å². The minimum atomic E-state index is 0.220. The fourth-order valence-electron chi connectivity index (χ4n) is 1.85. The SMILES string of the molecule is N#CCc1nc(-c2nccc3ccccc23)n[nH]1. The van der Waals surface area contributed by atoms with Crippen molar-refractivity contribution >= 4 is 10.8 Å². The number of hydrogen-bond acceptors (Lipinski definition) is 4. The van der Waals surface area contributed by atoms with Crippen LogP contribution in [-0.4, -0.2) is 20.2 Å². The van der Waals surface area contributed by atoms with Crippen LogP contribution in [0.2, 0.25) is 0 Å². The van der Waals surface area contributed by atoms with Crippen LogP contribution in [0, 0.1) is 11.3 Å². The van der Waals surface area contributed by atoms with Crippen molar-refractivity contribution in [2.75, 3.05) is 0 Å². The summed E-state index contributed by atoms with van der Waals surface area (Å²) in [5.41, 5.74) is 0.730. The van der Waals surface area contributed by atoms with Crippen molar-refractivity contribution < 1.29 is 0 Å². The molecule has 0 amide bonds. The molecule has 3 aromatic rings. The average Bonchev–Trinajstić information content (AvgIpc) is 2.87. The molecule has 3 rings (SSSR count). The predicted octanol–water partition coefficient (Wildman–Crippen LogP) is 2.09. The average molecular weight is 235 g/mol. The third kappa shape index (κ3) is 1.70. The molecule has 0 radical (unpaired) electrons. The summed E-state index contributed by atoms with van der Waals surface area (Å²) >= 11 is 0. The van der Waals surface area contributed by atoms with Gasteiger partial charge in [-0.1, -0.05) is 24.3 Å². The van der Waals surface area contributed by atoms with E-state index < -0.39 is 0 Å². The zero-order chi connectivity index (χ0) is 12.4. The molecular weight excluding hydrogens is 226 g/mol. The highest BCUT2D eigenvalue weighted by Gasteiger charge is 2.10. The first kappa shape index (κ1) is 10.4. The number of benzene rings is 1. The highest BCUT2D eigenvalue weighted by Crippen LogP contribution is 2.23. The molecule has 18 heavy (non-hydrogen) atoms. The van der Waals surface area contributed by atoms with Gasteiger partial charge in [-0.2, -0.15) is 10.4 Å². The zero-order valence-electron chi connectivity index (χ0n) is 9.46. The topological polar surface area (TPSA) is 78.2 Å². The molecule has 0 aliphatic heterocycles. The number of aromatic nitrogens is 4. The van der Waals surface area contributed by atoms with E-state index in [1.807, 2.05) is 36.4 Å². The van der Waals surface area contributed by atoms with E-state index in [-0.39, 0.29) is 6.42 Å². The summed E-state index contributed by atoms with van der Waals surface area (Å²) in [6.45, 7) is 0. The molecule has 0 aliphatic carbocycles. The summed E-state index contributed by atoms with van der Waals surface area (Å²) < 4.78 is 0. The van der Waals surface area contributed by atoms with Gasteiger partial charge in [0.05, 0.1) is 12.5 Å². The minimum absolute atomic E-state index is 0.220. The monoisotopic (exact) mass is 235 g/mol. The van der Waals surface area contributed by atoms with Gasteiger partial charge < -0.3 is 0 Å². The molecule has 1 N–H and O–H groups in total. The summed E-state index contributed by atoms with van der Waals surface area (Å²) in [7, 11) is 0. The summed E-state index contributed by atoms with van der Waals surface area (Å²) in [5.74, 6) is 1.08. The van der Waals surface area contributed by atoms with E-state index >= 15 is 0 Å². The molecule has 2 aromatic heterocycles. The summed E-state index contributed by atoms with van der Waals surface area (Å²) in [5, 5.41) is 17.6. The first-order valence-electron chi connectivity index (χ1n) is 5.51. The van der Waals surface area contributed by atoms with E-state index in [4.69, 9.17) is 5.26 Å². The summed E-state index contributed by atoms with van der Waals surface area (Å²) in [6.07, 6.45) is 1.95. The molecule has 86 valence electrons. The van der Waals surface area contributed by atoms with E-state index in [1.165, 1.54) is 0 Å². The number of nitrogens with one attached hydrogen (secondary N) is 1. The summed E-state index contributed by atoms with van der Waals surface area (Å²) in [6, 6.07) is 11.9. The van der Waals surface area contributed by atoms with E-state index in [0.29, 0.717) is 11.6 Å². The zero-order valence-corrected chi connectivity index (χ0v) is 9.46. The molecule has 5 nitrogen and oxygen atoms in total. The lowest BCUT2D eigenvalue weighted by Crippen LogP contribution is -1.88. The standard InChI is InChI=1S/C13H9N5/c14-7-5-11-16-13(18-17-11)12-10-4-2-1-3-9(10)6-8-15-12/h1-4,6,8H,5H2,(H,16,17,18). The molecule has 0 unspecified atom stereocenters. The van der Waals surface area contributed by atoms with Gasteiger partial charge in [-0.25, -0.2) is 4.98 Å². The van der Waals surface area contributed by atoms with Crippen LogP contribution in [0.5, 0.6) is 0 Å². The summed E-state index contributed by atoms with van der Waals surface area (Å²) in [4.78, 5) is 8.59. The molecule has 1 aromatic carbocycles. The fraction of sp³-hybridized carbons (Fsp3) is 0.0769. The number of hydrogen-bond donors (Lipinski definition) is 1. The van der Waals surface area contributed by atoms with Gasteiger partial charge >= 0.3 is 0 Å². The van der Waals surface area contributed by atoms with Crippen LogP contribution < -0.4 is 0 Å². The van der Waals surface area contributed by atoms with E-state index in [0.717, 1.165) is 16.5 Å². The Hall–Kier alpha value is -2.74. The van der Waals surface area contributed by atoms with E-state index in [1.54, 1.807) is 6.20 Å². The van der Waals surface area contributed by atoms with Crippen molar-refractivity contribution in [3.05, 3.63) is 42.4 Å². The molecule has 0 bridgehead atoms. The van der Waals surface area contributed by atoms with Crippen molar-refractivity contribution in [3.63, 3.8) is 0 Å². The van der Waals surface area contributed by atoms with Crippen molar-refractivity contribution in [1.29, 1.82) is 5.26 Å². The number of nitrogens with zero attached hydrogens (tertiary/aromatic N) is 4. The molecule has 0 fully saturated rings. The number of pyridine rings is 1. The Balaban J connectivity index is 2.16. The Labute approximate surface area is 103 Å². The fourth-order valence-corrected chi connectivity index (χ4v) is 1.85. The maximum atomic E-state index is 8.62. The Morgan fingerprint density at radius 1 is 1.22 bits per heavy atom. The number of fused-ring (bicyclic) bond motifs is 1. The van der Waals surface area contributed by atoms with Gasteiger partial charge in [0, 0.05) is 11.6 Å². The van der Waals surface area contributed by atoms with Crippen LogP contribution in [0.3, 0.4) is 0 Å². The van der Waals surface area contributed by atoms with Crippen molar-refractivity contribution in [2.45, 2.75) is 6.42 Å². The van der Waals surface area contributed by atoms with Crippen LogP contribution in [0.4, 0.5) is 0 Å². The normalized spacial score (nSPS) is 10.4. The van der Waals surface area contributed by atoms with Gasteiger partial charge in [-0.15, -0.1) is 0 Å². The van der Waals surface area contributed by atoms with Crippen molar-refractivity contribution in [3.8, 4) is 17.6 Å². The van der Waals surface area contributed by atoms with E-state index in [9.17, 15) is 0 Å². The molecule has 0 spiro atoms. The first-order chi connectivity index (χ1) is 8.88. The Morgan fingerprint density at radius 3 is 3.00 bits per heavy atom. The first-order valence-corrected chi connectivity index (χ1v) is 5.51. The maximum Gasteiger partial charge on any atom is 0.200 e. The van der Waals surface area contributed by atoms with Gasteiger partial charge in [0.25, 0.3) is 0 Å². The highest BCUT2D eigenvalue weighted by atomic mass is 15.2. The second-order valence-electron chi connectivity index (χ2n) is 3.82. The number of nitriles is 1. The second-order valence-corrected chi connectivity index (χ2v) is 3.82. The highest BCUT2D eigenvalue weighted by molar-refractivity contribution is 5.92. The van der Waals surface area contributed by atoms with Gasteiger partial charge in [-0.05, 0) is 11.5 Å². The number of H-pyrrole nitrogens is 1. The van der Waals surface area contributed by atoms with Crippen molar-refractivity contribution in [2.24, 2.45) is 0 Å². The number of aromatic amines is 1. The Kier molecular flexibility index (Phi) is 2.47. The largest absolute Gasteiger partial charge is 0.262 e. The van der Waals surface area contributed by atoms with Gasteiger partial charge in [0.2, 0.25) is 0 Å². The molecule has 5 heteroatoms. The third-order valence-corrected chi connectivity index (χ3v) is 2.66. The van der Waals surface area contributed by atoms with Crippen LogP contribution in [-0.2, 0) is 6.42 Å². The molecule has 0 saturated carbocycles. The van der Waals surface area contributed by atoms with Crippen LogP contribution in [0.1, 0.15) is 5.82 Å².